The maximum absolute atomic E-state index is 8.36. The highest BCUT2D eigenvalue weighted by Gasteiger charge is 1.76. The van der Waals surface area contributed by atoms with Crippen molar-refractivity contribution in [3.8, 4) is 0 Å². The average molecular weight is 127 g/mol. The molecule has 0 amide bonds. The number of aliphatic hydroxyl groups excluding tert-OH is 1. The molecule has 0 heterocycles. The lowest BCUT2D eigenvalue weighted by molar-refractivity contribution is 0.302. The van der Waals surface area contributed by atoms with E-state index in [4.69, 9.17) is 5.11 Å². The third kappa shape index (κ3) is 7.70. The van der Waals surface area contributed by atoms with E-state index in [1.165, 1.54) is 0 Å². The van der Waals surface area contributed by atoms with Gasteiger partial charge in [0.25, 0.3) is 0 Å². The summed E-state index contributed by atoms with van der Waals surface area (Å²) < 4.78 is 0. The number of allylic oxidation sites excluding steroid dienone is 1. The number of hydrogen-bond donors (Lipinski definition) is 1. The van der Waals surface area contributed by atoms with Crippen molar-refractivity contribution in [3.05, 3.63) is 19.1 Å². The van der Waals surface area contributed by atoms with E-state index in [0.717, 1.165) is 25.7 Å². The molecule has 0 fully saturated rings. The van der Waals surface area contributed by atoms with Gasteiger partial charge in [0.05, 0.1) is 0 Å². The second-order valence-electron chi connectivity index (χ2n) is 1.98. The van der Waals surface area contributed by atoms with Crippen molar-refractivity contribution >= 4 is 0 Å². The zero-order valence-corrected chi connectivity index (χ0v) is 5.84. The van der Waals surface area contributed by atoms with Crippen molar-refractivity contribution < 1.29 is 5.11 Å². The average Bonchev–Trinajstić information content (AvgIpc) is 1.89. The molecule has 0 aliphatic heterocycles. The minimum Gasteiger partial charge on any atom is -0.396 e. The Morgan fingerprint density at radius 3 is 2.44 bits per heavy atom. The Balaban J connectivity index is 2.86. The van der Waals surface area contributed by atoms with Crippen LogP contribution in [0.5, 0.6) is 0 Å². The Morgan fingerprint density at radius 1 is 1.22 bits per heavy atom. The molecular formula is C8H15O. The fraction of sp³-hybridized carbons (Fsp3) is 0.625. The first kappa shape index (κ1) is 8.70. The summed E-state index contributed by atoms with van der Waals surface area (Å²) in [4.78, 5) is 0. The molecule has 1 radical (unpaired) electrons. The molecule has 0 aromatic rings. The van der Waals surface area contributed by atoms with Gasteiger partial charge in [-0.25, -0.2) is 0 Å². The Kier molecular flexibility index (Phi) is 7.44. The quantitative estimate of drug-likeness (QED) is 0.442. The molecule has 1 nitrogen and oxygen atoms in total. The number of rotatable bonds is 5. The highest BCUT2D eigenvalue weighted by atomic mass is 16.2. The molecule has 0 spiro atoms. The van der Waals surface area contributed by atoms with Crippen molar-refractivity contribution in [1.82, 2.24) is 0 Å². The molecule has 0 unspecified atom stereocenters. The van der Waals surface area contributed by atoms with Gasteiger partial charge in [-0.15, -0.1) is 0 Å². The molecule has 1 heteroatoms. The van der Waals surface area contributed by atoms with Crippen LogP contribution in [0.15, 0.2) is 12.2 Å². The summed E-state index contributed by atoms with van der Waals surface area (Å²) in [5, 5.41) is 8.36. The van der Waals surface area contributed by atoms with Crippen LogP contribution in [0, 0.1) is 6.92 Å². The summed E-state index contributed by atoms with van der Waals surface area (Å²) in [5.74, 6) is 0. The molecule has 9 heavy (non-hydrogen) atoms. The predicted octanol–water partition coefficient (Wildman–Crippen LogP) is 1.93. The van der Waals surface area contributed by atoms with E-state index in [9.17, 15) is 0 Å². The zero-order valence-electron chi connectivity index (χ0n) is 5.84. The fourth-order valence-electron chi connectivity index (χ4n) is 0.572. The Morgan fingerprint density at radius 2 is 1.89 bits per heavy atom. The monoisotopic (exact) mass is 127 g/mol. The van der Waals surface area contributed by atoms with Crippen LogP contribution >= 0.6 is 0 Å². The van der Waals surface area contributed by atoms with Gasteiger partial charge in [0.1, 0.15) is 0 Å². The van der Waals surface area contributed by atoms with Crippen LogP contribution in [0.1, 0.15) is 25.7 Å². The maximum Gasteiger partial charge on any atom is 0.0465 e. The SMILES string of the molecule is [CH2]CCCC=CCCO. The first-order chi connectivity index (χ1) is 4.41. The van der Waals surface area contributed by atoms with E-state index in [0.29, 0.717) is 0 Å². The van der Waals surface area contributed by atoms with Crippen molar-refractivity contribution in [3.63, 3.8) is 0 Å². The van der Waals surface area contributed by atoms with Gasteiger partial charge in [0.15, 0.2) is 0 Å². The zero-order chi connectivity index (χ0) is 6.95. The molecule has 53 valence electrons. The highest BCUT2D eigenvalue weighted by Crippen LogP contribution is 1.94. The van der Waals surface area contributed by atoms with Crippen molar-refractivity contribution in [2.75, 3.05) is 6.61 Å². The molecule has 0 bridgehead atoms. The summed E-state index contributed by atoms with van der Waals surface area (Å²) in [5.41, 5.74) is 0. The summed E-state index contributed by atoms with van der Waals surface area (Å²) in [6, 6.07) is 0. The first-order valence-corrected chi connectivity index (χ1v) is 3.47. The molecule has 0 atom stereocenters. The molecule has 0 aromatic carbocycles. The van der Waals surface area contributed by atoms with Crippen molar-refractivity contribution in [2.24, 2.45) is 0 Å². The summed E-state index contributed by atoms with van der Waals surface area (Å²) in [6.07, 6.45) is 8.16. The van der Waals surface area contributed by atoms with E-state index < -0.39 is 0 Å². The lowest BCUT2D eigenvalue weighted by atomic mass is 10.2. The van der Waals surface area contributed by atoms with Crippen LogP contribution in [-0.2, 0) is 0 Å². The van der Waals surface area contributed by atoms with Crippen molar-refractivity contribution in [1.29, 1.82) is 0 Å². The van der Waals surface area contributed by atoms with Gasteiger partial charge >= 0.3 is 0 Å². The van der Waals surface area contributed by atoms with Gasteiger partial charge in [0, 0.05) is 6.61 Å². The molecule has 0 aliphatic rings. The van der Waals surface area contributed by atoms with Gasteiger partial charge in [-0.05, 0) is 19.3 Å². The van der Waals surface area contributed by atoms with Gasteiger partial charge < -0.3 is 5.11 Å². The summed E-state index contributed by atoms with van der Waals surface area (Å²) in [7, 11) is 0. The minimum absolute atomic E-state index is 0.265. The summed E-state index contributed by atoms with van der Waals surface area (Å²) in [6.45, 7) is 3.98. The summed E-state index contributed by atoms with van der Waals surface area (Å²) >= 11 is 0. The van der Waals surface area contributed by atoms with E-state index >= 15 is 0 Å². The third-order valence-electron chi connectivity index (χ3n) is 1.08. The lowest BCUT2D eigenvalue weighted by Crippen LogP contribution is -1.75. The second-order valence-corrected chi connectivity index (χ2v) is 1.98. The predicted molar refractivity (Wildman–Crippen MR) is 40.1 cm³/mol. The van der Waals surface area contributed by atoms with Crippen LogP contribution in [0.25, 0.3) is 0 Å². The number of unbranched alkanes of at least 4 members (excludes halogenated alkanes) is 2. The Hall–Kier alpha value is -0.300. The largest absolute Gasteiger partial charge is 0.396 e. The first-order valence-electron chi connectivity index (χ1n) is 3.47. The van der Waals surface area contributed by atoms with E-state index in [2.05, 4.69) is 13.0 Å². The van der Waals surface area contributed by atoms with E-state index in [1.54, 1.807) is 0 Å². The lowest BCUT2D eigenvalue weighted by Gasteiger charge is -1.87. The van der Waals surface area contributed by atoms with Gasteiger partial charge in [-0.2, -0.15) is 0 Å². The number of hydrogen-bond acceptors (Lipinski definition) is 1. The van der Waals surface area contributed by atoms with Gasteiger partial charge in [-0.1, -0.05) is 25.5 Å². The topological polar surface area (TPSA) is 20.2 Å². The van der Waals surface area contributed by atoms with Crippen molar-refractivity contribution in [2.45, 2.75) is 25.7 Å². The van der Waals surface area contributed by atoms with Crippen LogP contribution in [0.3, 0.4) is 0 Å². The molecule has 0 saturated heterocycles. The highest BCUT2D eigenvalue weighted by molar-refractivity contribution is 4.80. The van der Waals surface area contributed by atoms with E-state index in [1.807, 2.05) is 6.08 Å². The normalized spacial score (nSPS) is 10.9. The third-order valence-corrected chi connectivity index (χ3v) is 1.08. The molecule has 0 aliphatic carbocycles. The minimum atomic E-state index is 0.265. The van der Waals surface area contributed by atoms with Crippen LogP contribution in [-0.4, -0.2) is 11.7 Å². The number of aliphatic hydroxyl groups is 1. The van der Waals surface area contributed by atoms with Crippen LogP contribution in [0.2, 0.25) is 0 Å². The molecule has 0 aromatic heterocycles. The second kappa shape index (κ2) is 7.70. The van der Waals surface area contributed by atoms with E-state index in [-0.39, 0.29) is 6.61 Å². The maximum atomic E-state index is 8.36. The van der Waals surface area contributed by atoms with Crippen LogP contribution in [0.4, 0.5) is 0 Å². The smallest absolute Gasteiger partial charge is 0.0465 e. The Labute approximate surface area is 57.4 Å². The molecule has 0 saturated carbocycles. The van der Waals surface area contributed by atoms with Gasteiger partial charge in [0.2, 0.25) is 0 Å². The molecule has 1 N–H and O–H groups in total. The van der Waals surface area contributed by atoms with Crippen LogP contribution < -0.4 is 0 Å². The molecular weight excluding hydrogens is 112 g/mol. The standard InChI is InChI=1S/C8H15O/c1-2-3-4-5-6-7-8-9/h5-6,9H,1-4,7-8H2. The van der Waals surface area contributed by atoms with Gasteiger partial charge in [-0.3, -0.25) is 0 Å². The molecule has 0 rings (SSSR count). The Bertz CT molecular complexity index is 67.0. The fourth-order valence-corrected chi connectivity index (χ4v) is 0.572.